The minimum Gasteiger partial charge on any atom is -0.494 e. The van der Waals surface area contributed by atoms with Crippen LogP contribution in [0.1, 0.15) is 18.2 Å². The second-order valence-electron chi connectivity index (χ2n) is 7.34. The molecule has 7 nitrogen and oxygen atoms in total. The fourth-order valence-corrected chi connectivity index (χ4v) is 5.29. The molecule has 2 heterocycles. The zero-order valence-electron chi connectivity index (χ0n) is 18.2. The van der Waals surface area contributed by atoms with Crippen molar-refractivity contribution in [1.29, 1.82) is 0 Å². The zero-order chi connectivity index (χ0) is 23.4. The van der Waals surface area contributed by atoms with Crippen LogP contribution in [0.3, 0.4) is 0 Å². The first kappa shape index (κ1) is 23.0. The Morgan fingerprint density at radius 1 is 1.18 bits per heavy atom. The van der Waals surface area contributed by atoms with E-state index in [9.17, 15) is 14.4 Å². The minimum atomic E-state index is -0.569. The molecule has 0 radical (unpaired) electrons. The summed E-state index contributed by atoms with van der Waals surface area (Å²) in [4.78, 5) is 44.3. The number of carbonyl (C=O) groups is 3. The Morgan fingerprint density at radius 3 is 2.61 bits per heavy atom. The predicted octanol–water partition coefficient (Wildman–Crippen LogP) is 4.52. The lowest BCUT2D eigenvalue weighted by Crippen LogP contribution is -2.31. The number of thioether (sulfide) groups is 1. The van der Waals surface area contributed by atoms with Gasteiger partial charge in [0.1, 0.15) is 5.75 Å². The summed E-state index contributed by atoms with van der Waals surface area (Å²) in [7, 11) is 0. The average Bonchev–Trinajstić information content (AvgIpc) is 3.31. The lowest BCUT2D eigenvalue weighted by Gasteiger charge is -2.14. The number of rotatable bonds is 8. The van der Waals surface area contributed by atoms with Crippen LogP contribution in [0.2, 0.25) is 0 Å². The number of imide groups is 1. The molecular formula is C24H23N3O4S2. The number of ether oxygens (including phenoxy) is 1. The molecule has 1 atom stereocenters. The van der Waals surface area contributed by atoms with E-state index < -0.39 is 5.25 Å². The van der Waals surface area contributed by atoms with Gasteiger partial charge >= 0.3 is 0 Å². The van der Waals surface area contributed by atoms with Crippen molar-refractivity contribution < 1.29 is 19.1 Å². The summed E-state index contributed by atoms with van der Waals surface area (Å²) in [6.45, 7) is 4.49. The molecule has 0 bridgehead atoms. The van der Waals surface area contributed by atoms with Gasteiger partial charge in [0.15, 0.2) is 5.13 Å². The van der Waals surface area contributed by atoms with Gasteiger partial charge in [-0.25, -0.2) is 9.88 Å². The highest BCUT2D eigenvalue weighted by atomic mass is 32.2. The van der Waals surface area contributed by atoms with Crippen molar-refractivity contribution in [1.82, 2.24) is 4.98 Å². The highest BCUT2D eigenvalue weighted by Gasteiger charge is 2.40. The van der Waals surface area contributed by atoms with Crippen molar-refractivity contribution in [2.45, 2.75) is 25.5 Å². The third kappa shape index (κ3) is 5.26. The number of hydrogen-bond donors (Lipinski definition) is 1. The summed E-state index contributed by atoms with van der Waals surface area (Å²) < 4.78 is 5.47. The van der Waals surface area contributed by atoms with Gasteiger partial charge in [-0.05, 0) is 50.2 Å². The Kier molecular flexibility index (Phi) is 7.10. The van der Waals surface area contributed by atoms with Crippen molar-refractivity contribution >= 4 is 51.6 Å². The van der Waals surface area contributed by atoms with Gasteiger partial charge < -0.3 is 10.1 Å². The first-order valence-corrected chi connectivity index (χ1v) is 12.4. The van der Waals surface area contributed by atoms with Gasteiger partial charge in [-0.15, -0.1) is 23.1 Å². The number of aromatic nitrogens is 1. The van der Waals surface area contributed by atoms with E-state index in [-0.39, 0.29) is 29.9 Å². The molecular weight excluding hydrogens is 458 g/mol. The normalized spacial score (nSPS) is 15.7. The van der Waals surface area contributed by atoms with Crippen LogP contribution in [-0.4, -0.2) is 40.3 Å². The number of aryl methyl sites for hydroxylation is 1. The second kappa shape index (κ2) is 10.2. The molecule has 33 heavy (non-hydrogen) atoms. The number of nitrogens with one attached hydrogen (secondary N) is 1. The lowest BCUT2D eigenvalue weighted by molar-refractivity contribution is -0.121. The van der Waals surface area contributed by atoms with E-state index in [0.717, 1.165) is 21.9 Å². The molecule has 0 aliphatic carbocycles. The van der Waals surface area contributed by atoms with E-state index in [1.54, 1.807) is 24.3 Å². The molecule has 0 spiro atoms. The van der Waals surface area contributed by atoms with Crippen LogP contribution in [0.5, 0.6) is 5.75 Å². The highest BCUT2D eigenvalue weighted by Crippen LogP contribution is 2.32. The lowest BCUT2D eigenvalue weighted by atomic mass is 10.1. The number of amides is 3. The van der Waals surface area contributed by atoms with Gasteiger partial charge in [0, 0.05) is 16.9 Å². The number of thiazole rings is 1. The largest absolute Gasteiger partial charge is 0.494 e. The first-order chi connectivity index (χ1) is 16.0. The van der Waals surface area contributed by atoms with E-state index in [0.29, 0.717) is 17.4 Å². The number of benzene rings is 2. The molecule has 1 N–H and O–H groups in total. The molecule has 3 amide bonds. The van der Waals surface area contributed by atoms with Crippen LogP contribution in [0.15, 0.2) is 54.6 Å². The van der Waals surface area contributed by atoms with Crippen molar-refractivity contribution in [3.05, 3.63) is 59.5 Å². The zero-order valence-corrected chi connectivity index (χ0v) is 19.9. The maximum Gasteiger partial charge on any atom is 0.247 e. The third-order valence-corrected chi connectivity index (χ3v) is 7.10. The molecule has 1 aromatic heterocycles. The van der Waals surface area contributed by atoms with Crippen LogP contribution in [0, 0.1) is 6.92 Å². The standard InChI is InChI=1S/C24H23N3O4S2/c1-3-31-18-11-9-16(10-12-18)22-15(2)33-24(26-22)25-20(28)14-32-19-13-21(29)27(23(19)30)17-7-5-4-6-8-17/h4-12,19H,3,13-14H2,1-2H3,(H,25,26,28)/t19-/m0/s1. The highest BCUT2D eigenvalue weighted by molar-refractivity contribution is 8.01. The van der Waals surface area contributed by atoms with Gasteiger partial charge in [0.25, 0.3) is 0 Å². The molecule has 0 saturated carbocycles. The van der Waals surface area contributed by atoms with Crippen LogP contribution in [0.25, 0.3) is 11.3 Å². The number of nitrogens with zero attached hydrogens (tertiary/aromatic N) is 2. The molecule has 0 unspecified atom stereocenters. The summed E-state index contributed by atoms with van der Waals surface area (Å²) in [6, 6.07) is 16.5. The minimum absolute atomic E-state index is 0.0589. The summed E-state index contributed by atoms with van der Waals surface area (Å²) >= 11 is 2.57. The SMILES string of the molecule is CCOc1ccc(-c2nc(NC(=O)CS[C@H]3CC(=O)N(c4ccccc4)C3=O)sc2C)cc1. The summed E-state index contributed by atoms with van der Waals surface area (Å²) in [5.74, 6) is 0.0611. The van der Waals surface area contributed by atoms with Crippen LogP contribution >= 0.6 is 23.1 Å². The van der Waals surface area contributed by atoms with Crippen LogP contribution in [-0.2, 0) is 14.4 Å². The van der Waals surface area contributed by atoms with Gasteiger partial charge in [-0.2, -0.15) is 0 Å². The summed E-state index contributed by atoms with van der Waals surface area (Å²) in [6.07, 6.45) is 0.0872. The molecule has 1 saturated heterocycles. The van der Waals surface area contributed by atoms with Crippen molar-refractivity contribution in [3.63, 3.8) is 0 Å². The first-order valence-electron chi connectivity index (χ1n) is 10.5. The Balaban J connectivity index is 1.34. The summed E-state index contributed by atoms with van der Waals surface area (Å²) in [5, 5.41) is 2.74. The Morgan fingerprint density at radius 2 is 1.91 bits per heavy atom. The quantitative estimate of drug-likeness (QED) is 0.476. The molecule has 3 aromatic rings. The van der Waals surface area contributed by atoms with Crippen molar-refractivity contribution in [2.24, 2.45) is 0 Å². The van der Waals surface area contributed by atoms with E-state index in [2.05, 4.69) is 10.3 Å². The van der Waals surface area contributed by atoms with Crippen LogP contribution < -0.4 is 15.0 Å². The topological polar surface area (TPSA) is 88.6 Å². The fourth-order valence-electron chi connectivity index (χ4n) is 3.51. The number of anilines is 2. The third-order valence-electron chi connectivity index (χ3n) is 5.02. The number of carbonyl (C=O) groups excluding carboxylic acids is 3. The van der Waals surface area contributed by atoms with Gasteiger partial charge in [0.2, 0.25) is 17.7 Å². The maximum absolute atomic E-state index is 12.7. The fraction of sp³-hybridized carbons (Fsp3) is 0.250. The van der Waals surface area contributed by atoms with Crippen LogP contribution in [0.4, 0.5) is 10.8 Å². The predicted molar refractivity (Wildman–Crippen MR) is 132 cm³/mol. The Bertz CT molecular complexity index is 1160. The molecule has 1 fully saturated rings. The molecule has 9 heteroatoms. The van der Waals surface area contributed by atoms with E-state index >= 15 is 0 Å². The van der Waals surface area contributed by atoms with Gasteiger partial charge in [-0.3, -0.25) is 14.4 Å². The van der Waals surface area contributed by atoms with Gasteiger partial charge in [0.05, 0.1) is 29.0 Å². The van der Waals surface area contributed by atoms with E-state index in [1.807, 2.05) is 44.2 Å². The molecule has 2 aromatic carbocycles. The monoisotopic (exact) mass is 481 g/mol. The Hall–Kier alpha value is -3.17. The average molecular weight is 482 g/mol. The molecule has 1 aliphatic rings. The molecule has 170 valence electrons. The smallest absolute Gasteiger partial charge is 0.247 e. The Labute approximate surface area is 200 Å². The number of para-hydroxylation sites is 1. The maximum atomic E-state index is 12.7. The van der Waals surface area contributed by atoms with E-state index in [1.165, 1.54) is 28.0 Å². The molecule has 4 rings (SSSR count). The van der Waals surface area contributed by atoms with Gasteiger partial charge in [-0.1, -0.05) is 18.2 Å². The molecule has 1 aliphatic heterocycles. The second-order valence-corrected chi connectivity index (χ2v) is 9.73. The number of hydrogen-bond acceptors (Lipinski definition) is 7. The van der Waals surface area contributed by atoms with Crippen molar-refractivity contribution in [3.8, 4) is 17.0 Å². The summed E-state index contributed by atoms with van der Waals surface area (Å²) in [5.41, 5.74) is 2.30. The van der Waals surface area contributed by atoms with Crippen molar-refractivity contribution in [2.75, 3.05) is 22.6 Å². The van der Waals surface area contributed by atoms with E-state index in [4.69, 9.17) is 4.74 Å².